The van der Waals surface area contributed by atoms with Gasteiger partial charge in [-0.25, -0.2) is 0 Å². The molecule has 0 fully saturated rings. The van der Waals surface area contributed by atoms with Crippen molar-refractivity contribution >= 4 is 0 Å². The number of aliphatic hydroxyl groups excluding tert-OH is 1. The van der Waals surface area contributed by atoms with Crippen LogP contribution in [0.4, 0.5) is 0 Å². The molecular weight excluding hydrogens is 226 g/mol. The van der Waals surface area contributed by atoms with Crippen molar-refractivity contribution in [3.8, 4) is 5.75 Å². The summed E-state index contributed by atoms with van der Waals surface area (Å²) in [5.74, 6) is 0.929. The first kappa shape index (κ1) is 15.0. The first-order chi connectivity index (χ1) is 8.64. The predicted molar refractivity (Wildman–Crippen MR) is 74.9 cm³/mol. The van der Waals surface area contributed by atoms with Gasteiger partial charge in [-0.05, 0) is 36.9 Å². The van der Waals surface area contributed by atoms with E-state index in [4.69, 9.17) is 9.84 Å². The summed E-state index contributed by atoms with van der Waals surface area (Å²) in [7, 11) is 0. The van der Waals surface area contributed by atoms with Crippen molar-refractivity contribution in [3.05, 3.63) is 30.3 Å². The summed E-state index contributed by atoms with van der Waals surface area (Å²) >= 11 is 0. The van der Waals surface area contributed by atoms with Crippen LogP contribution in [0.2, 0.25) is 0 Å². The average Bonchev–Trinajstić information content (AvgIpc) is 2.35. The molecule has 3 nitrogen and oxygen atoms in total. The van der Waals surface area contributed by atoms with Crippen molar-refractivity contribution in [1.82, 2.24) is 5.32 Å². The molecule has 3 heteroatoms. The highest BCUT2D eigenvalue weighted by atomic mass is 16.5. The molecule has 1 aromatic rings. The standard InChI is InChI=1S/C15H25NO2/c1-15(2,9-11-17)13-16-10-6-12-18-14-7-4-3-5-8-14/h3-5,7-8,16-17H,6,9-13H2,1-2H3. The Morgan fingerprint density at radius 3 is 2.61 bits per heavy atom. The minimum Gasteiger partial charge on any atom is -0.494 e. The lowest BCUT2D eigenvalue weighted by Crippen LogP contribution is -2.31. The fraction of sp³-hybridized carbons (Fsp3) is 0.600. The van der Waals surface area contributed by atoms with Crippen LogP contribution in [-0.4, -0.2) is 31.4 Å². The quantitative estimate of drug-likeness (QED) is 0.662. The Kier molecular flexibility index (Phi) is 6.76. The lowest BCUT2D eigenvalue weighted by molar-refractivity contribution is 0.206. The molecule has 0 aliphatic carbocycles. The van der Waals surface area contributed by atoms with Crippen LogP contribution in [-0.2, 0) is 0 Å². The summed E-state index contributed by atoms with van der Waals surface area (Å²) in [6.45, 7) is 7.19. The van der Waals surface area contributed by atoms with Crippen molar-refractivity contribution in [1.29, 1.82) is 0 Å². The second-order valence-electron chi connectivity index (χ2n) is 5.33. The van der Waals surface area contributed by atoms with E-state index in [1.54, 1.807) is 0 Å². The Morgan fingerprint density at radius 1 is 1.22 bits per heavy atom. The summed E-state index contributed by atoms with van der Waals surface area (Å²) in [5.41, 5.74) is 0.162. The lowest BCUT2D eigenvalue weighted by Gasteiger charge is -2.23. The molecule has 0 bridgehead atoms. The van der Waals surface area contributed by atoms with E-state index in [0.717, 1.165) is 38.3 Å². The van der Waals surface area contributed by atoms with Crippen molar-refractivity contribution in [2.75, 3.05) is 26.3 Å². The van der Waals surface area contributed by atoms with Gasteiger partial charge >= 0.3 is 0 Å². The first-order valence-electron chi connectivity index (χ1n) is 6.63. The van der Waals surface area contributed by atoms with Crippen LogP contribution in [0.15, 0.2) is 30.3 Å². The van der Waals surface area contributed by atoms with Crippen LogP contribution in [0.5, 0.6) is 5.75 Å². The highest BCUT2D eigenvalue weighted by molar-refractivity contribution is 5.20. The van der Waals surface area contributed by atoms with Crippen molar-refractivity contribution < 1.29 is 9.84 Å². The molecular formula is C15H25NO2. The minimum atomic E-state index is 0.162. The van der Waals surface area contributed by atoms with Crippen LogP contribution in [0.3, 0.4) is 0 Å². The molecule has 0 atom stereocenters. The van der Waals surface area contributed by atoms with Gasteiger partial charge in [0.25, 0.3) is 0 Å². The van der Waals surface area contributed by atoms with Crippen molar-refractivity contribution in [2.24, 2.45) is 5.41 Å². The molecule has 0 saturated heterocycles. The second-order valence-corrected chi connectivity index (χ2v) is 5.33. The van der Waals surface area contributed by atoms with Gasteiger partial charge in [0.2, 0.25) is 0 Å². The zero-order valence-corrected chi connectivity index (χ0v) is 11.5. The highest BCUT2D eigenvalue weighted by Gasteiger charge is 2.15. The Morgan fingerprint density at radius 2 is 1.94 bits per heavy atom. The van der Waals surface area contributed by atoms with Crippen LogP contribution in [0.1, 0.15) is 26.7 Å². The van der Waals surface area contributed by atoms with Gasteiger partial charge in [-0.1, -0.05) is 32.0 Å². The first-order valence-corrected chi connectivity index (χ1v) is 6.63. The van der Waals surface area contributed by atoms with Crippen LogP contribution in [0, 0.1) is 5.41 Å². The highest BCUT2D eigenvalue weighted by Crippen LogP contribution is 2.17. The van der Waals surface area contributed by atoms with Gasteiger partial charge in [0.05, 0.1) is 6.61 Å². The molecule has 1 aromatic carbocycles. The molecule has 0 spiro atoms. The molecule has 18 heavy (non-hydrogen) atoms. The Balaban J connectivity index is 2.02. The summed E-state index contributed by atoms with van der Waals surface area (Å²) in [6.07, 6.45) is 1.82. The zero-order chi connectivity index (χ0) is 13.3. The SMILES string of the molecule is CC(C)(CCO)CNCCCOc1ccccc1. The van der Waals surface area contributed by atoms with Gasteiger partial charge in [0.1, 0.15) is 5.75 Å². The second kappa shape index (κ2) is 8.11. The number of benzene rings is 1. The van der Waals surface area contributed by atoms with Gasteiger partial charge in [-0.3, -0.25) is 0 Å². The predicted octanol–water partition coefficient (Wildman–Crippen LogP) is 2.45. The van der Waals surface area contributed by atoms with E-state index in [1.807, 2.05) is 30.3 Å². The largest absolute Gasteiger partial charge is 0.494 e. The third-order valence-electron chi connectivity index (χ3n) is 2.90. The third kappa shape index (κ3) is 6.62. The monoisotopic (exact) mass is 251 g/mol. The van der Waals surface area contributed by atoms with E-state index >= 15 is 0 Å². The number of aliphatic hydroxyl groups is 1. The molecule has 2 N–H and O–H groups in total. The smallest absolute Gasteiger partial charge is 0.119 e. The zero-order valence-electron chi connectivity index (χ0n) is 11.5. The van der Waals surface area contributed by atoms with E-state index in [0.29, 0.717) is 0 Å². The number of hydrogen-bond acceptors (Lipinski definition) is 3. The fourth-order valence-electron chi connectivity index (χ4n) is 1.72. The summed E-state index contributed by atoms with van der Waals surface area (Å²) in [6, 6.07) is 9.88. The molecule has 1 rings (SSSR count). The summed E-state index contributed by atoms with van der Waals surface area (Å²) in [4.78, 5) is 0. The molecule has 102 valence electrons. The van der Waals surface area contributed by atoms with Gasteiger partial charge in [-0.15, -0.1) is 0 Å². The van der Waals surface area contributed by atoms with E-state index in [9.17, 15) is 0 Å². The fourth-order valence-corrected chi connectivity index (χ4v) is 1.72. The number of nitrogens with one attached hydrogen (secondary N) is 1. The Labute approximate surface area is 110 Å². The molecule has 0 saturated carbocycles. The maximum absolute atomic E-state index is 8.92. The molecule has 0 unspecified atom stereocenters. The lowest BCUT2D eigenvalue weighted by atomic mass is 9.90. The number of para-hydroxylation sites is 1. The van der Waals surface area contributed by atoms with E-state index in [1.165, 1.54) is 0 Å². The normalized spacial score (nSPS) is 11.5. The van der Waals surface area contributed by atoms with Gasteiger partial charge in [0.15, 0.2) is 0 Å². The van der Waals surface area contributed by atoms with Crippen molar-refractivity contribution in [2.45, 2.75) is 26.7 Å². The Hall–Kier alpha value is -1.06. The topological polar surface area (TPSA) is 41.5 Å². The molecule has 0 radical (unpaired) electrons. The van der Waals surface area contributed by atoms with E-state index in [-0.39, 0.29) is 12.0 Å². The van der Waals surface area contributed by atoms with Crippen molar-refractivity contribution in [3.63, 3.8) is 0 Å². The number of rotatable bonds is 9. The average molecular weight is 251 g/mol. The van der Waals surface area contributed by atoms with Gasteiger partial charge < -0.3 is 15.2 Å². The van der Waals surface area contributed by atoms with Gasteiger partial charge in [0, 0.05) is 13.2 Å². The number of ether oxygens (including phenoxy) is 1. The van der Waals surface area contributed by atoms with Crippen LogP contribution >= 0.6 is 0 Å². The van der Waals surface area contributed by atoms with Crippen LogP contribution in [0.25, 0.3) is 0 Å². The molecule has 0 amide bonds. The summed E-state index contributed by atoms with van der Waals surface area (Å²) < 4.78 is 5.61. The maximum atomic E-state index is 8.92. The maximum Gasteiger partial charge on any atom is 0.119 e. The minimum absolute atomic E-state index is 0.162. The summed E-state index contributed by atoms with van der Waals surface area (Å²) in [5, 5.41) is 12.3. The number of hydrogen-bond donors (Lipinski definition) is 2. The molecule has 0 aromatic heterocycles. The molecule has 0 aliphatic heterocycles. The van der Waals surface area contributed by atoms with Crippen LogP contribution < -0.4 is 10.1 Å². The molecule has 0 heterocycles. The molecule has 0 aliphatic rings. The van der Waals surface area contributed by atoms with Gasteiger partial charge in [-0.2, -0.15) is 0 Å². The third-order valence-corrected chi connectivity index (χ3v) is 2.90. The Bertz CT molecular complexity index is 312. The van der Waals surface area contributed by atoms with E-state index < -0.39 is 0 Å². The van der Waals surface area contributed by atoms with E-state index in [2.05, 4.69) is 19.2 Å².